The summed E-state index contributed by atoms with van der Waals surface area (Å²) in [6.45, 7) is 0. The number of hydrogen-bond donors (Lipinski definition) is 5. The lowest BCUT2D eigenvalue weighted by Crippen LogP contribution is -2.47. The molecule has 1 saturated heterocycles. The van der Waals surface area contributed by atoms with Crippen molar-refractivity contribution in [3.05, 3.63) is 41.3 Å². The highest BCUT2D eigenvalue weighted by atomic mass is 16.5. The van der Waals surface area contributed by atoms with Crippen LogP contribution in [0.1, 0.15) is 49.3 Å². The van der Waals surface area contributed by atoms with Crippen LogP contribution in [0.15, 0.2) is 30.2 Å². The van der Waals surface area contributed by atoms with Gasteiger partial charge in [-0.3, -0.25) is 0 Å². The van der Waals surface area contributed by atoms with E-state index < -0.39 is 24.4 Å². The summed E-state index contributed by atoms with van der Waals surface area (Å²) >= 11 is 0. The normalized spacial score (nSPS) is 32.5. The number of anilines is 1. The lowest BCUT2D eigenvalue weighted by molar-refractivity contribution is -0.159. The van der Waals surface area contributed by atoms with Gasteiger partial charge in [0, 0.05) is 5.69 Å². The molecule has 138 valence electrons. The van der Waals surface area contributed by atoms with Crippen LogP contribution in [0.5, 0.6) is 0 Å². The second-order valence-electron chi connectivity index (χ2n) is 7.16. The van der Waals surface area contributed by atoms with Crippen LogP contribution in [0.4, 0.5) is 5.69 Å². The van der Waals surface area contributed by atoms with Crippen molar-refractivity contribution in [2.45, 2.75) is 62.9 Å². The van der Waals surface area contributed by atoms with Crippen LogP contribution in [-0.4, -0.2) is 38.7 Å². The average molecular weight is 349 g/mol. The number of benzene rings is 1. The topological polar surface area (TPSA) is 116 Å². The average Bonchev–Trinajstić information content (AvgIpc) is 2.63. The first kappa shape index (κ1) is 18.0. The Morgan fingerprint density at radius 1 is 1.08 bits per heavy atom. The van der Waals surface area contributed by atoms with Gasteiger partial charge in [0.1, 0.15) is 24.6 Å². The quantitative estimate of drug-likeness (QED) is 0.421. The molecule has 0 bridgehead atoms. The van der Waals surface area contributed by atoms with E-state index in [1.165, 1.54) is 32.1 Å². The van der Waals surface area contributed by atoms with E-state index in [0.717, 1.165) is 12.0 Å². The summed E-state index contributed by atoms with van der Waals surface area (Å²) in [4.78, 5) is 0. The summed E-state index contributed by atoms with van der Waals surface area (Å²) in [7, 11) is 0. The molecular formula is C19H27NO5. The molecule has 1 heterocycles. The van der Waals surface area contributed by atoms with E-state index in [4.69, 9.17) is 10.5 Å². The van der Waals surface area contributed by atoms with Crippen LogP contribution >= 0.6 is 0 Å². The molecule has 2 aliphatic rings. The standard InChI is InChI=1S/C19H27NO5/c20-14-7-6-12(9-13(14)8-11-4-2-1-3-5-11)19-18(24)17(23)16(22)15(10-21)25-19/h6-7,9-11,16-19,21-24H,1-5,8,20H2/b15-10+/t16-,17+,18-,19?/m1/s1. The molecule has 2 fully saturated rings. The molecule has 0 amide bonds. The largest absolute Gasteiger partial charge is 0.512 e. The maximum Gasteiger partial charge on any atom is 0.162 e. The Hall–Kier alpha value is -1.76. The molecule has 1 aromatic carbocycles. The molecule has 1 saturated carbocycles. The number of aliphatic hydroxyl groups is 4. The summed E-state index contributed by atoms with van der Waals surface area (Å²) < 4.78 is 5.51. The minimum absolute atomic E-state index is 0.159. The SMILES string of the molecule is Nc1ccc(C2O/C(=C/O)[C@@H](O)[C@H](O)[C@H]2O)cc1CC1CCCCC1. The molecule has 3 rings (SSSR count). The van der Waals surface area contributed by atoms with Gasteiger partial charge in [0.2, 0.25) is 0 Å². The van der Waals surface area contributed by atoms with E-state index in [2.05, 4.69) is 0 Å². The third-order valence-corrected chi connectivity index (χ3v) is 5.39. The second kappa shape index (κ2) is 7.64. The number of nitrogens with two attached hydrogens (primary N) is 1. The van der Waals surface area contributed by atoms with Gasteiger partial charge >= 0.3 is 0 Å². The summed E-state index contributed by atoms with van der Waals surface area (Å²) in [6.07, 6.45) is 2.65. The summed E-state index contributed by atoms with van der Waals surface area (Å²) in [5.41, 5.74) is 8.51. The minimum atomic E-state index is -1.45. The molecular weight excluding hydrogens is 322 g/mol. The van der Waals surface area contributed by atoms with E-state index in [1.54, 1.807) is 12.1 Å². The number of rotatable bonds is 3. The van der Waals surface area contributed by atoms with Gasteiger partial charge in [-0.15, -0.1) is 0 Å². The van der Waals surface area contributed by atoms with Crippen LogP contribution in [-0.2, 0) is 11.2 Å². The van der Waals surface area contributed by atoms with Crippen molar-refractivity contribution >= 4 is 5.69 Å². The van der Waals surface area contributed by atoms with Crippen LogP contribution < -0.4 is 5.73 Å². The molecule has 1 aliphatic carbocycles. The Labute approximate surface area is 147 Å². The second-order valence-corrected chi connectivity index (χ2v) is 7.16. The van der Waals surface area contributed by atoms with Crippen molar-refractivity contribution in [2.24, 2.45) is 5.92 Å². The molecule has 6 N–H and O–H groups in total. The zero-order valence-corrected chi connectivity index (χ0v) is 14.2. The molecule has 0 aromatic heterocycles. The Morgan fingerprint density at radius 2 is 1.80 bits per heavy atom. The highest BCUT2D eigenvalue weighted by Gasteiger charge is 2.42. The van der Waals surface area contributed by atoms with Crippen LogP contribution in [0.25, 0.3) is 0 Å². The van der Waals surface area contributed by atoms with Crippen LogP contribution in [0.2, 0.25) is 0 Å². The van der Waals surface area contributed by atoms with E-state index in [1.807, 2.05) is 6.07 Å². The number of hydrogen-bond acceptors (Lipinski definition) is 6. The maximum atomic E-state index is 10.3. The lowest BCUT2D eigenvalue weighted by atomic mass is 9.83. The minimum Gasteiger partial charge on any atom is -0.512 e. The molecule has 1 aromatic rings. The fraction of sp³-hybridized carbons (Fsp3) is 0.579. The maximum absolute atomic E-state index is 10.3. The summed E-state index contributed by atoms with van der Waals surface area (Å²) in [6, 6.07) is 5.42. The summed E-state index contributed by atoms with van der Waals surface area (Å²) in [5.74, 6) is 0.456. The molecule has 6 nitrogen and oxygen atoms in total. The van der Waals surface area contributed by atoms with Crippen molar-refractivity contribution in [1.29, 1.82) is 0 Å². The number of aliphatic hydroxyl groups excluding tert-OH is 4. The van der Waals surface area contributed by atoms with E-state index in [-0.39, 0.29) is 5.76 Å². The third-order valence-electron chi connectivity index (χ3n) is 5.39. The van der Waals surface area contributed by atoms with Gasteiger partial charge in [0.05, 0.1) is 0 Å². The molecule has 0 spiro atoms. The van der Waals surface area contributed by atoms with E-state index in [9.17, 15) is 20.4 Å². The van der Waals surface area contributed by atoms with E-state index in [0.29, 0.717) is 23.4 Å². The van der Waals surface area contributed by atoms with Crippen molar-refractivity contribution in [3.8, 4) is 0 Å². The van der Waals surface area contributed by atoms with Gasteiger partial charge in [-0.2, -0.15) is 0 Å². The van der Waals surface area contributed by atoms with Crippen molar-refractivity contribution < 1.29 is 25.2 Å². The number of nitrogen functional groups attached to an aromatic ring is 1. The van der Waals surface area contributed by atoms with Crippen molar-refractivity contribution in [2.75, 3.05) is 5.73 Å². The zero-order chi connectivity index (χ0) is 18.0. The van der Waals surface area contributed by atoms with Gasteiger partial charge < -0.3 is 30.9 Å². The van der Waals surface area contributed by atoms with Gasteiger partial charge in [-0.25, -0.2) is 0 Å². The number of ether oxygens (including phenoxy) is 1. The van der Waals surface area contributed by atoms with Gasteiger partial charge in [0.25, 0.3) is 0 Å². The first-order chi connectivity index (χ1) is 12.0. The van der Waals surface area contributed by atoms with Crippen molar-refractivity contribution in [1.82, 2.24) is 0 Å². The van der Waals surface area contributed by atoms with Gasteiger partial charge in [0.15, 0.2) is 11.9 Å². The fourth-order valence-electron chi connectivity index (χ4n) is 3.87. The highest BCUT2D eigenvalue weighted by molar-refractivity contribution is 5.49. The van der Waals surface area contributed by atoms with E-state index >= 15 is 0 Å². The first-order valence-corrected chi connectivity index (χ1v) is 8.94. The third kappa shape index (κ3) is 3.76. The Kier molecular flexibility index (Phi) is 5.51. The molecule has 0 radical (unpaired) electrons. The monoisotopic (exact) mass is 349 g/mol. The highest BCUT2D eigenvalue weighted by Crippen LogP contribution is 2.36. The molecule has 4 atom stereocenters. The summed E-state index contributed by atoms with van der Waals surface area (Å²) in [5, 5.41) is 39.3. The molecule has 6 heteroatoms. The van der Waals surface area contributed by atoms with Crippen molar-refractivity contribution in [3.63, 3.8) is 0 Å². The zero-order valence-electron chi connectivity index (χ0n) is 14.2. The first-order valence-electron chi connectivity index (χ1n) is 8.94. The van der Waals surface area contributed by atoms with Gasteiger partial charge in [-0.1, -0.05) is 38.2 Å². The molecule has 1 aliphatic heterocycles. The fourth-order valence-corrected chi connectivity index (χ4v) is 3.87. The lowest BCUT2D eigenvalue weighted by Gasteiger charge is -2.37. The predicted octanol–water partition coefficient (Wildman–Crippen LogP) is 1.94. The molecule has 1 unspecified atom stereocenters. The smallest absolute Gasteiger partial charge is 0.162 e. The Morgan fingerprint density at radius 3 is 2.48 bits per heavy atom. The predicted molar refractivity (Wildman–Crippen MR) is 93.7 cm³/mol. The van der Waals surface area contributed by atoms with Crippen LogP contribution in [0, 0.1) is 5.92 Å². The Balaban J connectivity index is 1.83. The molecule has 25 heavy (non-hydrogen) atoms. The Bertz CT molecular complexity index is 626. The van der Waals surface area contributed by atoms with Gasteiger partial charge in [-0.05, 0) is 35.6 Å². The van der Waals surface area contributed by atoms with Crippen LogP contribution in [0.3, 0.4) is 0 Å².